The van der Waals surface area contributed by atoms with E-state index in [1.165, 1.54) is 0 Å². The molecule has 4 aromatic rings. The van der Waals surface area contributed by atoms with Gasteiger partial charge in [0.1, 0.15) is 11.4 Å². The average Bonchev–Trinajstić information content (AvgIpc) is 3.05. The Morgan fingerprint density at radius 1 is 0.897 bits per heavy atom. The predicted octanol–water partition coefficient (Wildman–Crippen LogP) is 6.36. The van der Waals surface area contributed by atoms with Gasteiger partial charge in [0.15, 0.2) is 0 Å². The molecule has 0 saturated heterocycles. The van der Waals surface area contributed by atoms with Crippen LogP contribution >= 0.6 is 34.8 Å². The van der Waals surface area contributed by atoms with Crippen LogP contribution in [-0.2, 0) is 6.61 Å². The molecule has 0 fully saturated rings. The molecule has 0 radical (unpaired) electrons. The summed E-state index contributed by atoms with van der Waals surface area (Å²) in [7, 11) is 0. The van der Waals surface area contributed by atoms with Gasteiger partial charge in [-0.3, -0.25) is 4.98 Å². The monoisotopic (exact) mass is 443 g/mol. The van der Waals surface area contributed by atoms with Crippen LogP contribution in [0.5, 0.6) is 0 Å². The number of aliphatic hydroxyl groups is 1. The summed E-state index contributed by atoms with van der Waals surface area (Å²) in [6.45, 7) is 1.82. The maximum absolute atomic E-state index is 9.41. The lowest BCUT2D eigenvalue weighted by Gasteiger charge is -2.11. The third kappa shape index (κ3) is 3.77. The van der Waals surface area contributed by atoms with E-state index in [4.69, 9.17) is 39.9 Å². The zero-order valence-electron chi connectivity index (χ0n) is 15.4. The molecule has 0 unspecified atom stereocenters. The lowest BCUT2D eigenvalue weighted by molar-refractivity contribution is 0.282. The Balaban J connectivity index is 2.00. The van der Waals surface area contributed by atoms with E-state index in [-0.39, 0.29) is 6.61 Å². The molecule has 0 aliphatic rings. The van der Waals surface area contributed by atoms with Crippen LogP contribution < -0.4 is 0 Å². The van der Waals surface area contributed by atoms with Crippen LogP contribution in [0, 0.1) is 6.92 Å². The molecule has 0 aliphatic heterocycles. The van der Waals surface area contributed by atoms with Crippen LogP contribution in [0.2, 0.25) is 15.1 Å². The Hall–Kier alpha value is -2.37. The molecule has 1 N–H and O–H groups in total. The second-order valence-electron chi connectivity index (χ2n) is 6.53. The topological polar surface area (TPSA) is 50.9 Å². The van der Waals surface area contributed by atoms with Gasteiger partial charge in [0.2, 0.25) is 0 Å². The normalized spacial score (nSPS) is 11.1. The largest absolute Gasteiger partial charge is 0.392 e. The van der Waals surface area contributed by atoms with Crippen LogP contribution in [0.4, 0.5) is 0 Å². The first-order valence-corrected chi connectivity index (χ1v) is 9.98. The lowest BCUT2D eigenvalue weighted by atomic mass is 10.00. The Labute approximate surface area is 183 Å². The molecule has 146 valence electrons. The van der Waals surface area contributed by atoms with Crippen LogP contribution in [0.15, 0.2) is 60.9 Å². The second-order valence-corrected chi connectivity index (χ2v) is 7.78. The summed E-state index contributed by atoms with van der Waals surface area (Å²) in [5.74, 6) is 0. The van der Waals surface area contributed by atoms with E-state index in [2.05, 4.69) is 4.98 Å². The van der Waals surface area contributed by atoms with Crippen molar-refractivity contribution in [3.05, 3.63) is 87.2 Å². The highest BCUT2D eigenvalue weighted by Crippen LogP contribution is 2.39. The summed E-state index contributed by atoms with van der Waals surface area (Å²) in [6, 6.07) is 14.8. The summed E-state index contributed by atoms with van der Waals surface area (Å²) in [5, 5.41) is 15.8. The second kappa shape index (κ2) is 8.17. The number of rotatable bonds is 4. The minimum absolute atomic E-state index is 0.143. The zero-order valence-corrected chi connectivity index (χ0v) is 17.7. The van der Waals surface area contributed by atoms with E-state index in [1.807, 2.05) is 43.3 Å². The molecule has 0 atom stereocenters. The van der Waals surface area contributed by atoms with Crippen molar-refractivity contribution in [3.8, 4) is 28.1 Å². The first-order chi connectivity index (χ1) is 14.0. The molecule has 4 nitrogen and oxygen atoms in total. The number of aromatic nitrogens is 3. The van der Waals surface area contributed by atoms with Gasteiger partial charge in [-0.05, 0) is 54.4 Å². The minimum atomic E-state index is -0.143. The van der Waals surface area contributed by atoms with Gasteiger partial charge in [0.05, 0.1) is 16.7 Å². The highest BCUT2D eigenvalue weighted by Gasteiger charge is 2.22. The molecule has 2 heterocycles. The van der Waals surface area contributed by atoms with Crippen molar-refractivity contribution in [1.82, 2.24) is 14.8 Å². The van der Waals surface area contributed by atoms with Gasteiger partial charge < -0.3 is 5.11 Å². The quantitative estimate of drug-likeness (QED) is 0.398. The number of pyridine rings is 1. The highest BCUT2D eigenvalue weighted by molar-refractivity contribution is 6.37. The average molecular weight is 445 g/mol. The fraction of sp³-hybridized carbons (Fsp3) is 0.0909. The summed E-state index contributed by atoms with van der Waals surface area (Å²) in [6.07, 6.45) is 3.46. The SMILES string of the molecule is Cc1c(-c2ccc(Cl)cc2)c(-c2ccncc2)nn1-c1c(Cl)cc(CO)cc1Cl. The molecular formula is C22H16Cl3N3O. The van der Waals surface area contributed by atoms with Crippen LogP contribution in [-0.4, -0.2) is 19.9 Å². The lowest BCUT2D eigenvalue weighted by Crippen LogP contribution is -2.02. The summed E-state index contributed by atoms with van der Waals surface area (Å²) >= 11 is 19.1. The first-order valence-electron chi connectivity index (χ1n) is 8.84. The predicted molar refractivity (Wildman–Crippen MR) is 118 cm³/mol. The molecule has 4 rings (SSSR count). The molecule has 0 amide bonds. The summed E-state index contributed by atoms with van der Waals surface area (Å²) < 4.78 is 1.74. The van der Waals surface area contributed by atoms with E-state index < -0.39 is 0 Å². The maximum Gasteiger partial charge on any atom is 0.102 e. The fourth-order valence-corrected chi connectivity index (χ4v) is 4.12. The van der Waals surface area contributed by atoms with Gasteiger partial charge >= 0.3 is 0 Å². The van der Waals surface area contributed by atoms with E-state index in [9.17, 15) is 5.11 Å². The molecule has 0 saturated carbocycles. The number of benzene rings is 2. The van der Waals surface area contributed by atoms with Crippen molar-refractivity contribution in [3.63, 3.8) is 0 Å². The van der Waals surface area contributed by atoms with E-state index in [1.54, 1.807) is 29.2 Å². The molecule has 2 aromatic carbocycles. The van der Waals surface area contributed by atoms with Gasteiger partial charge in [-0.15, -0.1) is 0 Å². The Morgan fingerprint density at radius 2 is 1.52 bits per heavy atom. The molecule has 0 bridgehead atoms. The van der Waals surface area contributed by atoms with Crippen LogP contribution in [0.25, 0.3) is 28.1 Å². The number of hydrogen-bond donors (Lipinski definition) is 1. The minimum Gasteiger partial charge on any atom is -0.392 e. The van der Waals surface area contributed by atoms with Crippen LogP contribution in [0.1, 0.15) is 11.3 Å². The Bertz CT molecular complexity index is 1150. The molecule has 7 heteroatoms. The van der Waals surface area contributed by atoms with Gasteiger partial charge in [0.25, 0.3) is 0 Å². The third-order valence-corrected chi connectivity index (χ3v) is 5.50. The molecular weight excluding hydrogens is 429 g/mol. The number of hydrogen-bond acceptors (Lipinski definition) is 3. The van der Waals surface area contributed by atoms with Crippen molar-refractivity contribution < 1.29 is 5.11 Å². The number of nitrogens with zero attached hydrogens (tertiary/aromatic N) is 3. The molecule has 2 aromatic heterocycles. The van der Waals surface area contributed by atoms with Gasteiger partial charge in [-0.25, -0.2) is 4.68 Å². The molecule has 0 spiro atoms. The van der Waals surface area contributed by atoms with Gasteiger partial charge in [0, 0.05) is 34.2 Å². The third-order valence-electron chi connectivity index (χ3n) is 4.67. The number of aliphatic hydroxyl groups excluding tert-OH is 1. The smallest absolute Gasteiger partial charge is 0.102 e. The van der Waals surface area contributed by atoms with Crippen molar-refractivity contribution in [2.75, 3.05) is 0 Å². The van der Waals surface area contributed by atoms with Gasteiger partial charge in [-0.2, -0.15) is 5.10 Å². The van der Waals surface area contributed by atoms with Gasteiger partial charge in [-0.1, -0.05) is 46.9 Å². The summed E-state index contributed by atoms with van der Waals surface area (Å²) in [4.78, 5) is 4.10. The number of halogens is 3. The Morgan fingerprint density at radius 3 is 2.10 bits per heavy atom. The zero-order chi connectivity index (χ0) is 20.5. The molecule has 0 aliphatic carbocycles. The van der Waals surface area contributed by atoms with Crippen molar-refractivity contribution in [2.45, 2.75) is 13.5 Å². The van der Waals surface area contributed by atoms with Crippen LogP contribution in [0.3, 0.4) is 0 Å². The van der Waals surface area contributed by atoms with E-state index >= 15 is 0 Å². The maximum atomic E-state index is 9.41. The standard InChI is InChI=1S/C22H16Cl3N3O/c1-13-20(15-2-4-17(23)5-3-15)21(16-6-8-26-9-7-16)27-28(13)22-18(24)10-14(12-29)11-19(22)25/h2-11,29H,12H2,1H3. The van der Waals surface area contributed by atoms with Crippen molar-refractivity contribution in [1.29, 1.82) is 0 Å². The van der Waals surface area contributed by atoms with Crippen molar-refractivity contribution >= 4 is 34.8 Å². The van der Waals surface area contributed by atoms with E-state index in [0.717, 1.165) is 28.1 Å². The fourth-order valence-electron chi connectivity index (χ4n) is 3.31. The molecule has 29 heavy (non-hydrogen) atoms. The Kier molecular flexibility index (Phi) is 5.61. The van der Waals surface area contributed by atoms with Crippen molar-refractivity contribution in [2.24, 2.45) is 0 Å². The highest BCUT2D eigenvalue weighted by atomic mass is 35.5. The summed E-state index contributed by atoms with van der Waals surface area (Å²) in [5.41, 5.74) is 5.71. The first kappa shape index (κ1) is 19.9. The van der Waals surface area contributed by atoms with E-state index in [0.29, 0.717) is 26.3 Å².